The minimum Gasteiger partial charge on any atom is -0.308 e. The number of hydrogen-bond donors (Lipinski definition) is 2. The molecule has 0 heterocycles. The van der Waals surface area contributed by atoms with Crippen LogP contribution in [0, 0.1) is 6.92 Å². The lowest BCUT2D eigenvalue weighted by Gasteiger charge is -2.09. The largest absolute Gasteiger partial charge is 0.323 e. The van der Waals surface area contributed by atoms with Crippen molar-refractivity contribution >= 4 is 49.3 Å². The lowest BCUT2D eigenvalue weighted by atomic mass is 10.2. The van der Waals surface area contributed by atoms with Gasteiger partial charge in [-0.1, -0.05) is 22.0 Å². The Labute approximate surface area is 128 Å². The maximum Gasteiger partial charge on any atom is 0.323 e. The van der Waals surface area contributed by atoms with Crippen LogP contribution >= 0.6 is 31.9 Å². The molecule has 2 aromatic rings. The van der Waals surface area contributed by atoms with Crippen molar-refractivity contribution in [1.29, 1.82) is 0 Å². The van der Waals surface area contributed by atoms with Gasteiger partial charge < -0.3 is 10.6 Å². The number of halogens is 2. The first-order valence-corrected chi connectivity index (χ1v) is 7.23. The highest BCUT2D eigenvalue weighted by molar-refractivity contribution is 9.10. The van der Waals surface area contributed by atoms with Crippen molar-refractivity contribution in [2.75, 3.05) is 10.6 Å². The van der Waals surface area contributed by atoms with Crippen LogP contribution in [0.1, 0.15) is 5.56 Å². The van der Waals surface area contributed by atoms with Gasteiger partial charge in [-0.25, -0.2) is 4.79 Å². The number of carbonyl (C=O) groups excluding carboxylic acids is 1. The van der Waals surface area contributed by atoms with Gasteiger partial charge in [0.25, 0.3) is 0 Å². The molecular weight excluding hydrogens is 372 g/mol. The van der Waals surface area contributed by atoms with Gasteiger partial charge in [-0.3, -0.25) is 0 Å². The predicted molar refractivity (Wildman–Crippen MR) is 85.7 cm³/mol. The van der Waals surface area contributed by atoms with E-state index in [0.717, 1.165) is 25.9 Å². The van der Waals surface area contributed by atoms with Crippen molar-refractivity contribution in [2.45, 2.75) is 6.92 Å². The third kappa shape index (κ3) is 4.08. The summed E-state index contributed by atoms with van der Waals surface area (Å²) in [6, 6.07) is 12.9. The van der Waals surface area contributed by atoms with E-state index in [0.29, 0.717) is 0 Å². The van der Waals surface area contributed by atoms with Crippen molar-refractivity contribution in [3.63, 3.8) is 0 Å². The van der Waals surface area contributed by atoms with Crippen LogP contribution in [0.25, 0.3) is 0 Å². The molecular formula is C14H12Br2N2O. The molecule has 2 amide bonds. The lowest BCUT2D eigenvalue weighted by Crippen LogP contribution is -2.19. The number of benzene rings is 2. The third-order valence-corrected chi connectivity index (χ3v) is 3.66. The zero-order valence-electron chi connectivity index (χ0n) is 10.2. The molecule has 0 atom stereocenters. The van der Waals surface area contributed by atoms with Gasteiger partial charge >= 0.3 is 6.03 Å². The Morgan fingerprint density at radius 2 is 1.68 bits per heavy atom. The Kier molecular flexibility index (Phi) is 4.61. The van der Waals surface area contributed by atoms with Crippen molar-refractivity contribution in [2.24, 2.45) is 0 Å². The number of amides is 2. The molecule has 0 bridgehead atoms. The van der Waals surface area contributed by atoms with E-state index >= 15 is 0 Å². The molecule has 0 radical (unpaired) electrons. The molecule has 0 saturated carbocycles. The summed E-state index contributed by atoms with van der Waals surface area (Å²) in [6.07, 6.45) is 0. The Hall–Kier alpha value is -1.33. The van der Waals surface area contributed by atoms with Crippen LogP contribution in [0.15, 0.2) is 51.4 Å². The van der Waals surface area contributed by atoms with Gasteiger partial charge in [0, 0.05) is 14.6 Å². The maximum absolute atomic E-state index is 11.8. The topological polar surface area (TPSA) is 41.1 Å². The standard InChI is InChI=1S/C14H12Br2N2O/c1-9-2-7-13(12(16)8-9)18-14(19)17-11-5-3-10(15)4-6-11/h2-8H,1H3,(H2,17,18,19). The van der Waals surface area contributed by atoms with Crippen LogP contribution in [0.2, 0.25) is 0 Å². The maximum atomic E-state index is 11.8. The summed E-state index contributed by atoms with van der Waals surface area (Å²) in [4.78, 5) is 11.8. The van der Waals surface area contributed by atoms with Crippen LogP contribution in [0.3, 0.4) is 0 Å². The summed E-state index contributed by atoms with van der Waals surface area (Å²) in [6.45, 7) is 2.00. The molecule has 0 aliphatic carbocycles. The van der Waals surface area contributed by atoms with Crippen LogP contribution in [0.4, 0.5) is 16.2 Å². The predicted octanol–water partition coefficient (Wildman–Crippen LogP) is 5.16. The second kappa shape index (κ2) is 6.21. The second-order valence-electron chi connectivity index (χ2n) is 4.07. The number of urea groups is 1. The number of carbonyl (C=O) groups is 1. The van der Waals surface area contributed by atoms with E-state index in [4.69, 9.17) is 0 Å². The molecule has 0 aliphatic heterocycles. The Bertz CT molecular complexity index is 597. The van der Waals surface area contributed by atoms with Crippen molar-refractivity contribution in [3.05, 3.63) is 57.0 Å². The minimum absolute atomic E-state index is 0.271. The normalized spacial score (nSPS) is 10.1. The van der Waals surface area contributed by atoms with Gasteiger partial charge in [-0.2, -0.15) is 0 Å². The summed E-state index contributed by atoms with van der Waals surface area (Å²) in [5.41, 5.74) is 2.61. The summed E-state index contributed by atoms with van der Waals surface area (Å²) in [7, 11) is 0. The van der Waals surface area contributed by atoms with E-state index in [2.05, 4.69) is 42.5 Å². The average molecular weight is 384 g/mol. The molecule has 0 spiro atoms. The molecule has 0 fully saturated rings. The number of nitrogens with one attached hydrogen (secondary N) is 2. The summed E-state index contributed by atoms with van der Waals surface area (Å²) in [5, 5.41) is 5.56. The number of anilines is 2. The molecule has 0 aromatic heterocycles. The first kappa shape index (κ1) is 14.1. The van der Waals surface area contributed by atoms with Crippen LogP contribution < -0.4 is 10.6 Å². The monoisotopic (exact) mass is 382 g/mol. The number of rotatable bonds is 2. The van der Waals surface area contributed by atoms with Crippen molar-refractivity contribution in [1.82, 2.24) is 0 Å². The first-order valence-electron chi connectivity index (χ1n) is 5.64. The summed E-state index contributed by atoms with van der Waals surface area (Å²) in [5.74, 6) is 0. The fourth-order valence-electron chi connectivity index (χ4n) is 1.54. The van der Waals surface area contributed by atoms with Gasteiger partial charge in [0.05, 0.1) is 5.69 Å². The van der Waals surface area contributed by atoms with E-state index in [1.54, 1.807) is 0 Å². The molecule has 2 N–H and O–H groups in total. The van der Waals surface area contributed by atoms with Crippen LogP contribution in [-0.2, 0) is 0 Å². The highest BCUT2D eigenvalue weighted by Gasteiger charge is 2.05. The number of aryl methyl sites for hydroxylation is 1. The molecule has 0 saturated heterocycles. The smallest absolute Gasteiger partial charge is 0.308 e. The number of hydrogen-bond acceptors (Lipinski definition) is 1. The van der Waals surface area contributed by atoms with Crippen LogP contribution in [0.5, 0.6) is 0 Å². The summed E-state index contributed by atoms with van der Waals surface area (Å²) >= 11 is 6.77. The molecule has 3 nitrogen and oxygen atoms in total. The minimum atomic E-state index is -0.271. The second-order valence-corrected chi connectivity index (χ2v) is 5.84. The Morgan fingerprint density at radius 1 is 1.00 bits per heavy atom. The summed E-state index contributed by atoms with van der Waals surface area (Å²) < 4.78 is 1.83. The van der Waals surface area contributed by atoms with Crippen molar-refractivity contribution < 1.29 is 4.79 Å². The molecule has 0 aliphatic rings. The lowest BCUT2D eigenvalue weighted by molar-refractivity contribution is 0.262. The third-order valence-electron chi connectivity index (χ3n) is 2.47. The van der Waals surface area contributed by atoms with Crippen molar-refractivity contribution in [3.8, 4) is 0 Å². The fraction of sp³-hybridized carbons (Fsp3) is 0.0714. The first-order chi connectivity index (χ1) is 9.04. The van der Waals surface area contributed by atoms with Crippen LogP contribution in [-0.4, -0.2) is 6.03 Å². The van der Waals surface area contributed by atoms with Gasteiger partial charge in [0.15, 0.2) is 0 Å². The average Bonchev–Trinajstić information content (AvgIpc) is 2.36. The Balaban J connectivity index is 2.03. The van der Waals surface area contributed by atoms with E-state index in [-0.39, 0.29) is 6.03 Å². The zero-order chi connectivity index (χ0) is 13.8. The quantitative estimate of drug-likeness (QED) is 0.738. The van der Waals surface area contributed by atoms with E-state index < -0.39 is 0 Å². The van der Waals surface area contributed by atoms with E-state index in [1.807, 2.05) is 49.4 Å². The van der Waals surface area contributed by atoms with Gasteiger partial charge in [-0.15, -0.1) is 0 Å². The highest BCUT2D eigenvalue weighted by atomic mass is 79.9. The molecule has 98 valence electrons. The molecule has 2 rings (SSSR count). The fourth-order valence-corrected chi connectivity index (χ4v) is 2.40. The molecule has 19 heavy (non-hydrogen) atoms. The van der Waals surface area contributed by atoms with E-state index in [9.17, 15) is 4.79 Å². The van der Waals surface area contributed by atoms with Gasteiger partial charge in [0.2, 0.25) is 0 Å². The van der Waals surface area contributed by atoms with E-state index in [1.165, 1.54) is 0 Å². The highest BCUT2D eigenvalue weighted by Crippen LogP contribution is 2.23. The van der Waals surface area contributed by atoms with Gasteiger partial charge in [0.1, 0.15) is 0 Å². The Morgan fingerprint density at radius 3 is 2.32 bits per heavy atom. The molecule has 0 unspecified atom stereocenters. The zero-order valence-corrected chi connectivity index (χ0v) is 13.4. The molecule has 5 heteroatoms. The molecule has 2 aromatic carbocycles. The SMILES string of the molecule is Cc1ccc(NC(=O)Nc2ccc(Br)cc2)c(Br)c1. The van der Waals surface area contributed by atoms with Gasteiger partial charge in [-0.05, 0) is 64.8 Å².